The van der Waals surface area contributed by atoms with Gasteiger partial charge in [0.1, 0.15) is 0 Å². The van der Waals surface area contributed by atoms with Crippen molar-refractivity contribution in [1.82, 2.24) is 14.7 Å². The SMILES string of the molecule is CN1CCC[C@@H]1C(=O)N1CCN(CCO[C@H]2CCCCO2)CC1. The highest BCUT2D eigenvalue weighted by Gasteiger charge is 2.32. The van der Waals surface area contributed by atoms with Crippen molar-refractivity contribution in [3.8, 4) is 0 Å². The third-order valence-electron chi connectivity index (χ3n) is 5.34. The second kappa shape index (κ2) is 8.42. The second-order valence-electron chi connectivity index (χ2n) is 6.97. The third kappa shape index (κ3) is 4.66. The fourth-order valence-electron chi connectivity index (χ4n) is 3.78. The van der Waals surface area contributed by atoms with Gasteiger partial charge in [-0.2, -0.15) is 0 Å². The molecule has 23 heavy (non-hydrogen) atoms. The lowest BCUT2D eigenvalue weighted by atomic mass is 10.1. The number of hydrogen-bond donors (Lipinski definition) is 0. The molecule has 0 N–H and O–H groups in total. The van der Waals surface area contributed by atoms with Crippen molar-refractivity contribution in [1.29, 1.82) is 0 Å². The molecule has 3 aliphatic rings. The number of likely N-dealkylation sites (tertiary alicyclic amines) is 1. The first-order valence-electron chi connectivity index (χ1n) is 9.18. The fraction of sp³-hybridized carbons (Fsp3) is 0.941. The van der Waals surface area contributed by atoms with Crippen LogP contribution in [0.2, 0.25) is 0 Å². The summed E-state index contributed by atoms with van der Waals surface area (Å²) in [5.74, 6) is 0.330. The van der Waals surface area contributed by atoms with E-state index in [4.69, 9.17) is 9.47 Å². The molecule has 6 nitrogen and oxygen atoms in total. The van der Waals surface area contributed by atoms with Gasteiger partial charge in [0.15, 0.2) is 6.29 Å². The summed E-state index contributed by atoms with van der Waals surface area (Å²) in [6.45, 7) is 7.16. The van der Waals surface area contributed by atoms with E-state index in [1.165, 1.54) is 6.42 Å². The zero-order valence-corrected chi connectivity index (χ0v) is 14.4. The van der Waals surface area contributed by atoms with Crippen molar-refractivity contribution >= 4 is 5.91 Å². The van der Waals surface area contributed by atoms with Crippen LogP contribution in [-0.2, 0) is 14.3 Å². The number of nitrogens with zero attached hydrogens (tertiary/aromatic N) is 3. The molecule has 3 rings (SSSR count). The van der Waals surface area contributed by atoms with Gasteiger partial charge in [-0.1, -0.05) is 0 Å². The van der Waals surface area contributed by atoms with Gasteiger partial charge < -0.3 is 14.4 Å². The quantitative estimate of drug-likeness (QED) is 0.747. The predicted molar refractivity (Wildman–Crippen MR) is 88.2 cm³/mol. The van der Waals surface area contributed by atoms with Gasteiger partial charge in [-0.15, -0.1) is 0 Å². The van der Waals surface area contributed by atoms with Crippen molar-refractivity contribution in [3.05, 3.63) is 0 Å². The zero-order chi connectivity index (χ0) is 16.1. The average molecular weight is 325 g/mol. The first kappa shape index (κ1) is 17.1. The Morgan fingerprint density at radius 2 is 1.91 bits per heavy atom. The molecule has 0 unspecified atom stereocenters. The maximum atomic E-state index is 12.6. The summed E-state index contributed by atoms with van der Waals surface area (Å²) in [5.41, 5.74) is 0. The van der Waals surface area contributed by atoms with Crippen LogP contribution in [0.5, 0.6) is 0 Å². The Kier molecular flexibility index (Phi) is 6.28. The van der Waals surface area contributed by atoms with E-state index in [0.717, 1.165) is 78.2 Å². The van der Waals surface area contributed by atoms with Crippen molar-refractivity contribution in [2.75, 3.05) is 59.5 Å². The summed E-state index contributed by atoms with van der Waals surface area (Å²) in [7, 11) is 2.07. The summed E-state index contributed by atoms with van der Waals surface area (Å²) in [6, 6.07) is 0.119. The molecule has 0 spiro atoms. The normalized spacial score (nSPS) is 30.7. The molecule has 3 saturated heterocycles. The molecule has 1 amide bonds. The monoisotopic (exact) mass is 325 g/mol. The number of likely N-dealkylation sites (N-methyl/N-ethyl adjacent to an activating group) is 1. The Bertz CT molecular complexity index is 379. The molecule has 0 aromatic carbocycles. The lowest BCUT2D eigenvalue weighted by Gasteiger charge is -2.37. The summed E-state index contributed by atoms with van der Waals surface area (Å²) < 4.78 is 11.4. The van der Waals surface area contributed by atoms with Gasteiger partial charge in [0.05, 0.1) is 12.6 Å². The van der Waals surface area contributed by atoms with Crippen LogP contribution in [-0.4, -0.2) is 92.5 Å². The number of rotatable bonds is 5. The molecule has 132 valence electrons. The van der Waals surface area contributed by atoms with E-state index in [1.807, 2.05) is 4.90 Å². The van der Waals surface area contributed by atoms with Crippen LogP contribution in [0.1, 0.15) is 32.1 Å². The molecule has 0 aromatic rings. The first-order chi connectivity index (χ1) is 11.2. The minimum atomic E-state index is 0.00419. The molecule has 3 heterocycles. The fourth-order valence-corrected chi connectivity index (χ4v) is 3.78. The summed E-state index contributed by atoms with van der Waals surface area (Å²) in [5, 5.41) is 0. The zero-order valence-electron chi connectivity index (χ0n) is 14.4. The predicted octanol–water partition coefficient (Wildman–Crippen LogP) is 0.768. The summed E-state index contributed by atoms with van der Waals surface area (Å²) in [6.07, 6.45) is 5.56. The highest BCUT2D eigenvalue weighted by Crippen LogP contribution is 2.18. The van der Waals surface area contributed by atoms with Gasteiger partial charge >= 0.3 is 0 Å². The molecule has 0 aromatic heterocycles. The Hall–Kier alpha value is -0.690. The lowest BCUT2D eigenvalue weighted by Crippen LogP contribution is -2.53. The molecule has 0 radical (unpaired) electrons. The molecule has 6 heteroatoms. The number of hydrogen-bond acceptors (Lipinski definition) is 5. The average Bonchev–Trinajstić information content (AvgIpc) is 3.02. The van der Waals surface area contributed by atoms with E-state index < -0.39 is 0 Å². The van der Waals surface area contributed by atoms with Crippen LogP contribution in [0.4, 0.5) is 0 Å². The number of piperazine rings is 1. The number of amides is 1. The van der Waals surface area contributed by atoms with Crippen molar-refractivity contribution < 1.29 is 14.3 Å². The third-order valence-corrected chi connectivity index (χ3v) is 5.34. The Balaban J connectivity index is 1.32. The highest BCUT2D eigenvalue weighted by atomic mass is 16.7. The molecule has 3 aliphatic heterocycles. The Labute approximate surface area is 139 Å². The minimum absolute atomic E-state index is 0.00419. The smallest absolute Gasteiger partial charge is 0.240 e. The molecule has 0 aliphatic carbocycles. The molecule has 0 saturated carbocycles. The number of carbonyl (C=O) groups is 1. The van der Waals surface area contributed by atoms with Crippen LogP contribution >= 0.6 is 0 Å². The number of ether oxygens (including phenoxy) is 2. The molecular weight excluding hydrogens is 294 g/mol. The van der Waals surface area contributed by atoms with E-state index in [9.17, 15) is 4.79 Å². The number of carbonyl (C=O) groups excluding carboxylic acids is 1. The van der Waals surface area contributed by atoms with Crippen LogP contribution in [0, 0.1) is 0 Å². The van der Waals surface area contributed by atoms with E-state index in [0.29, 0.717) is 5.91 Å². The Morgan fingerprint density at radius 3 is 2.57 bits per heavy atom. The standard InChI is InChI=1S/C17H31N3O3/c1-18-7-4-5-15(18)17(21)20-10-8-19(9-11-20)12-14-23-16-6-2-3-13-22-16/h15-16H,2-14H2,1H3/t15-,16+/m1/s1. The van der Waals surface area contributed by atoms with E-state index in [1.54, 1.807) is 0 Å². The van der Waals surface area contributed by atoms with Crippen LogP contribution < -0.4 is 0 Å². The largest absolute Gasteiger partial charge is 0.353 e. The second-order valence-corrected chi connectivity index (χ2v) is 6.97. The first-order valence-corrected chi connectivity index (χ1v) is 9.18. The van der Waals surface area contributed by atoms with Crippen molar-refractivity contribution in [2.45, 2.75) is 44.4 Å². The van der Waals surface area contributed by atoms with Gasteiger partial charge in [0.2, 0.25) is 5.91 Å². The van der Waals surface area contributed by atoms with Crippen LogP contribution in [0.3, 0.4) is 0 Å². The topological polar surface area (TPSA) is 45.3 Å². The van der Waals surface area contributed by atoms with Gasteiger partial charge in [0, 0.05) is 39.3 Å². The van der Waals surface area contributed by atoms with Crippen LogP contribution in [0.25, 0.3) is 0 Å². The molecule has 2 atom stereocenters. The maximum absolute atomic E-state index is 12.6. The Morgan fingerprint density at radius 1 is 1.09 bits per heavy atom. The molecular formula is C17H31N3O3. The van der Waals surface area contributed by atoms with E-state index in [-0.39, 0.29) is 12.3 Å². The van der Waals surface area contributed by atoms with Gasteiger partial charge in [-0.05, 0) is 45.7 Å². The van der Waals surface area contributed by atoms with Gasteiger partial charge in [-0.3, -0.25) is 14.6 Å². The highest BCUT2D eigenvalue weighted by molar-refractivity contribution is 5.82. The van der Waals surface area contributed by atoms with Crippen molar-refractivity contribution in [2.24, 2.45) is 0 Å². The van der Waals surface area contributed by atoms with Gasteiger partial charge in [0.25, 0.3) is 0 Å². The van der Waals surface area contributed by atoms with E-state index >= 15 is 0 Å². The van der Waals surface area contributed by atoms with Crippen molar-refractivity contribution in [3.63, 3.8) is 0 Å². The lowest BCUT2D eigenvalue weighted by molar-refractivity contribution is -0.164. The molecule has 3 fully saturated rings. The summed E-state index contributed by atoms with van der Waals surface area (Å²) >= 11 is 0. The van der Waals surface area contributed by atoms with E-state index in [2.05, 4.69) is 16.8 Å². The molecule has 0 bridgehead atoms. The minimum Gasteiger partial charge on any atom is -0.353 e. The summed E-state index contributed by atoms with van der Waals surface area (Å²) in [4.78, 5) is 19.2. The van der Waals surface area contributed by atoms with Gasteiger partial charge in [-0.25, -0.2) is 0 Å². The maximum Gasteiger partial charge on any atom is 0.240 e. The van der Waals surface area contributed by atoms with Crippen LogP contribution in [0.15, 0.2) is 0 Å².